The summed E-state index contributed by atoms with van der Waals surface area (Å²) in [4.78, 5) is 4.79. The molecule has 0 atom stereocenters. The van der Waals surface area contributed by atoms with Crippen molar-refractivity contribution in [3.63, 3.8) is 0 Å². The van der Waals surface area contributed by atoms with Crippen LogP contribution in [0.4, 0.5) is 5.95 Å². The molecular formula is C22H21N3. The van der Waals surface area contributed by atoms with Gasteiger partial charge in [0.15, 0.2) is 0 Å². The van der Waals surface area contributed by atoms with Gasteiger partial charge in [0.2, 0.25) is 5.95 Å². The predicted octanol–water partition coefficient (Wildman–Crippen LogP) is 4.89. The lowest BCUT2D eigenvalue weighted by atomic mass is 10.1. The Morgan fingerprint density at radius 2 is 1.36 bits per heavy atom. The van der Waals surface area contributed by atoms with Crippen molar-refractivity contribution in [2.45, 2.75) is 19.5 Å². The Kier molecular flexibility index (Phi) is 4.46. The summed E-state index contributed by atoms with van der Waals surface area (Å²) < 4.78 is 2.28. The first-order valence-corrected chi connectivity index (χ1v) is 8.67. The van der Waals surface area contributed by atoms with Crippen molar-refractivity contribution in [1.29, 1.82) is 0 Å². The van der Waals surface area contributed by atoms with Gasteiger partial charge in [-0.05, 0) is 29.7 Å². The standard InChI is InChI=1S/C22H21N3/c1-3-9-18(10-4-1)15-16-25-21-14-8-7-13-20(21)24-22(25)23-17-19-11-5-2-6-12-19/h1-14H,15-17H2,(H,23,24). The van der Waals surface area contributed by atoms with Gasteiger partial charge in [-0.1, -0.05) is 72.8 Å². The highest BCUT2D eigenvalue weighted by Crippen LogP contribution is 2.21. The maximum absolute atomic E-state index is 4.79. The number of hydrogen-bond acceptors (Lipinski definition) is 2. The van der Waals surface area contributed by atoms with Crippen molar-refractivity contribution in [3.05, 3.63) is 96.1 Å². The number of para-hydroxylation sites is 2. The summed E-state index contributed by atoms with van der Waals surface area (Å²) in [6.07, 6.45) is 0.987. The molecule has 0 aliphatic heterocycles. The molecule has 0 unspecified atom stereocenters. The highest BCUT2D eigenvalue weighted by atomic mass is 15.2. The number of anilines is 1. The molecule has 0 saturated carbocycles. The molecule has 1 aromatic heterocycles. The molecule has 4 rings (SSSR count). The maximum Gasteiger partial charge on any atom is 0.204 e. The van der Waals surface area contributed by atoms with Crippen LogP contribution in [0.15, 0.2) is 84.9 Å². The van der Waals surface area contributed by atoms with Crippen LogP contribution in [0.3, 0.4) is 0 Å². The Balaban J connectivity index is 1.59. The average Bonchev–Trinajstić information content (AvgIpc) is 3.04. The molecule has 0 spiro atoms. The van der Waals surface area contributed by atoms with Crippen LogP contribution in [-0.4, -0.2) is 9.55 Å². The molecular weight excluding hydrogens is 306 g/mol. The van der Waals surface area contributed by atoms with Gasteiger partial charge in [-0.2, -0.15) is 0 Å². The number of aromatic nitrogens is 2. The number of aryl methyl sites for hydroxylation is 2. The first-order chi connectivity index (χ1) is 12.4. The van der Waals surface area contributed by atoms with Crippen LogP contribution in [0.5, 0.6) is 0 Å². The molecule has 0 radical (unpaired) electrons. The van der Waals surface area contributed by atoms with Crippen molar-refractivity contribution < 1.29 is 0 Å². The minimum Gasteiger partial charge on any atom is -0.352 e. The van der Waals surface area contributed by atoms with E-state index < -0.39 is 0 Å². The molecule has 3 nitrogen and oxygen atoms in total. The van der Waals surface area contributed by atoms with E-state index in [9.17, 15) is 0 Å². The van der Waals surface area contributed by atoms with E-state index >= 15 is 0 Å². The monoisotopic (exact) mass is 327 g/mol. The van der Waals surface area contributed by atoms with Crippen LogP contribution < -0.4 is 5.32 Å². The van der Waals surface area contributed by atoms with Crippen molar-refractivity contribution in [3.8, 4) is 0 Å². The maximum atomic E-state index is 4.79. The zero-order valence-corrected chi connectivity index (χ0v) is 14.1. The molecule has 3 heteroatoms. The van der Waals surface area contributed by atoms with E-state index in [0.29, 0.717) is 0 Å². The Labute approximate surface area is 148 Å². The second kappa shape index (κ2) is 7.22. The summed E-state index contributed by atoms with van der Waals surface area (Å²) in [5, 5.41) is 3.51. The molecule has 0 amide bonds. The lowest BCUT2D eigenvalue weighted by molar-refractivity contribution is 0.718. The summed E-state index contributed by atoms with van der Waals surface area (Å²) in [6, 6.07) is 29.4. The summed E-state index contributed by atoms with van der Waals surface area (Å²) in [6.45, 7) is 1.68. The quantitative estimate of drug-likeness (QED) is 0.546. The van der Waals surface area contributed by atoms with Crippen molar-refractivity contribution in [1.82, 2.24) is 9.55 Å². The third-order valence-electron chi connectivity index (χ3n) is 4.41. The van der Waals surface area contributed by atoms with Crippen molar-refractivity contribution in [2.24, 2.45) is 0 Å². The summed E-state index contributed by atoms with van der Waals surface area (Å²) in [7, 11) is 0. The Morgan fingerprint density at radius 3 is 2.12 bits per heavy atom. The van der Waals surface area contributed by atoms with Gasteiger partial charge < -0.3 is 9.88 Å². The molecule has 0 aliphatic carbocycles. The highest BCUT2D eigenvalue weighted by Gasteiger charge is 2.10. The van der Waals surface area contributed by atoms with Crippen LogP contribution in [-0.2, 0) is 19.5 Å². The normalized spacial score (nSPS) is 10.9. The number of fused-ring (bicyclic) bond motifs is 1. The molecule has 0 fully saturated rings. The number of nitrogens with zero attached hydrogens (tertiary/aromatic N) is 2. The number of nitrogens with one attached hydrogen (secondary N) is 1. The van der Waals surface area contributed by atoms with E-state index in [1.54, 1.807) is 0 Å². The molecule has 124 valence electrons. The van der Waals surface area contributed by atoms with E-state index in [1.165, 1.54) is 16.6 Å². The van der Waals surface area contributed by atoms with Gasteiger partial charge in [0.1, 0.15) is 0 Å². The number of hydrogen-bond donors (Lipinski definition) is 1. The molecule has 0 saturated heterocycles. The average molecular weight is 327 g/mol. The second-order valence-corrected chi connectivity index (χ2v) is 6.15. The van der Waals surface area contributed by atoms with Crippen LogP contribution in [0.25, 0.3) is 11.0 Å². The summed E-state index contributed by atoms with van der Waals surface area (Å²) >= 11 is 0. The van der Waals surface area contributed by atoms with E-state index in [-0.39, 0.29) is 0 Å². The molecule has 0 bridgehead atoms. The molecule has 3 aromatic carbocycles. The smallest absolute Gasteiger partial charge is 0.204 e. The van der Waals surface area contributed by atoms with Gasteiger partial charge in [0, 0.05) is 13.1 Å². The Bertz CT molecular complexity index is 943. The third kappa shape index (κ3) is 3.56. The number of benzene rings is 3. The largest absolute Gasteiger partial charge is 0.352 e. The first-order valence-electron chi connectivity index (χ1n) is 8.67. The van der Waals surface area contributed by atoms with Gasteiger partial charge in [0.05, 0.1) is 11.0 Å². The third-order valence-corrected chi connectivity index (χ3v) is 4.41. The minimum absolute atomic E-state index is 0.773. The zero-order valence-electron chi connectivity index (χ0n) is 14.1. The van der Waals surface area contributed by atoms with Crippen molar-refractivity contribution >= 4 is 17.0 Å². The summed E-state index contributed by atoms with van der Waals surface area (Å²) in [5.74, 6) is 0.931. The van der Waals surface area contributed by atoms with E-state index in [2.05, 4.69) is 82.7 Å². The fraction of sp³-hybridized carbons (Fsp3) is 0.136. The van der Waals surface area contributed by atoms with E-state index in [4.69, 9.17) is 4.98 Å². The molecule has 1 heterocycles. The van der Waals surface area contributed by atoms with E-state index in [0.717, 1.165) is 31.0 Å². The van der Waals surface area contributed by atoms with Crippen LogP contribution >= 0.6 is 0 Å². The zero-order chi connectivity index (χ0) is 16.9. The minimum atomic E-state index is 0.773. The van der Waals surface area contributed by atoms with Crippen molar-refractivity contribution in [2.75, 3.05) is 5.32 Å². The second-order valence-electron chi connectivity index (χ2n) is 6.15. The number of rotatable bonds is 6. The van der Waals surface area contributed by atoms with Crippen LogP contribution in [0.2, 0.25) is 0 Å². The highest BCUT2D eigenvalue weighted by molar-refractivity contribution is 5.78. The predicted molar refractivity (Wildman–Crippen MR) is 104 cm³/mol. The SMILES string of the molecule is c1ccc(CCn2c(NCc3ccccc3)nc3ccccc32)cc1. The van der Waals surface area contributed by atoms with E-state index in [1.807, 2.05) is 12.1 Å². The van der Waals surface area contributed by atoms with Crippen LogP contribution in [0.1, 0.15) is 11.1 Å². The fourth-order valence-electron chi connectivity index (χ4n) is 3.10. The van der Waals surface area contributed by atoms with Gasteiger partial charge in [-0.3, -0.25) is 0 Å². The Hall–Kier alpha value is -3.07. The van der Waals surface area contributed by atoms with Gasteiger partial charge in [-0.15, -0.1) is 0 Å². The van der Waals surface area contributed by atoms with Gasteiger partial charge in [-0.25, -0.2) is 4.98 Å². The molecule has 4 aromatic rings. The fourth-order valence-corrected chi connectivity index (χ4v) is 3.10. The lowest BCUT2D eigenvalue weighted by Crippen LogP contribution is -2.09. The summed E-state index contributed by atoms with van der Waals surface area (Å²) in [5.41, 5.74) is 4.80. The lowest BCUT2D eigenvalue weighted by Gasteiger charge is -2.11. The Morgan fingerprint density at radius 1 is 0.720 bits per heavy atom. The molecule has 25 heavy (non-hydrogen) atoms. The molecule has 1 N–H and O–H groups in total. The topological polar surface area (TPSA) is 29.9 Å². The van der Waals surface area contributed by atoms with Gasteiger partial charge in [0.25, 0.3) is 0 Å². The molecule has 0 aliphatic rings. The number of imidazole rings is 1. The first kappa shape index (κ1) is 15.5. The van der Waals surface area contributed by atoms with Gasteiger partial charge >= 0.3 is 0 Å². The van der Waals surface area contributed by atoms with Crippen LogP contribution in [0, 0.1) is 0 Å².